The number of carboxylic acids is 1. The highest BCUT2D eigenvalue weighted by Crippen LogP contribution is 2.30. The summed E-state index contributed by atoms with van der Waals surface area (Å²) in [6.07, 6.45) is 0. The number of hydrogen-bond acceptors (Lipinski definition) is 1. The summed E-state index contributed by atoms with van der Waals surface area (Å²) in [5.41, 5.74) is -0.976. The second-order valence-electron chi connectivity index (χ2n) is 4.20. The second kappa shape index (κ2) is 4.96. The maximum Gasteiger partial charge on any atom is 0.338 e. The molecule has 0 unspecified atom stereocenters. The molecule has 0 aromatic heterocycles. The van der Waals surface area contributed by atoms with E-state index in [2.05, 4.69) is 0 Å². The molecular weight excluding hydrogens is 276 g/mol. The largest absolute Gasteiger partial charge is 0.478 e. The van der Waals surface area contributed by atoms with E-state index in [0.29, 0.717) is 6.07 Å². The van der Waals surface area contributed by atoms with Gasteiger partial charge in [-0.1, -0.05) is 0 Å². The summed E-state index contributed by atoms with van der Waals surface area (Å²) >= 11 is 0. The van der Waals surface area contributed by atoms with Crippen molar-refractivity contribution in [1.82, 2.24) is 0 Å². The van der Waals surface area contributed by atoms with E-state index >= 15 is 0 Å². The fourth-order valence-electron chi connectivity index (χ4n) is 1.89. The molecule has 2 nitrogen and oxygen atoms in total. The van der Waals surface area contributed by atoms with E-state index in [-0.39, 0.29) is 11.1 Å². The highest BCUT2D eigenvalue weighted by atomic mass is 19.2. The van der Waals surface area contributed by atoms with Gasteiger partial charge in [0, 0.05) is 11.6 Å². The van der Waals surface area contributed by atoms with Crippen LogP contribution in [0.1, 0.15) is 15.9 Å². The Morgan fingerprint density at radius 3 is 2.20 bits per heavy atom. The first-order valence-corrected chi connectivity index (χ1v) is 5.49. The Morgan fingerprint density at radius 1 is 0.950 bits per heavy atom. The van der Waals surface area contributed by atoms with Gasteiger partial charge in [-0.15, -0.1) is 0 Å². The van der Waals surface area contributed by atoms with Crippen molar-refractivity contribution in [2.75, 3.05) is 0 Å². The Bertz CT molecular complexity index is 711. The number of halogens is 4. The third-order valence-corrected chi connectivity index (χ3v) is 2.83. The Morgan fingerprint density at radius 2 is 1.60 bits per heavy atom. The molecule has 0 fully saturated rings. The molecule has 2 aromatic rings. The van der Waals surface area contributed by atoms with Gasteiger partial charge in [-0.3, -0.25) is 0 Å². The lowest BCUT2D eigenvalue weighted by Crippen LogP contribution is -2.03. The van der Waals surface area contributed by atoms with E-state index < -0.39 is 40.4 Å². The average molecular weight is 284 g/mol. The molecule has 0 atom stereocenters. The van der Waals surface area contributed by atoms with Gasteiger partial charge in [0.05, 0.1) is 5.56 Å². The van der Waals surface area contributed by atoms with Crippen LogP contribution in [0.4, 0.5) is 17.6 Å². The monoisotopic (exact) mass is 284 g/mol. The van der Waals surface area contributed by atoms with Crippen molar-refractivity contribution in [3.63, 3.8) is 0 Å². The van der Waals surface area contributed by atoms with E-state index in [1.807, 2.05) is 0 Å². The molecule has 0 aliphatic carbocycles. The molecule has 1 N–H and O–H groups in total. The molecule has 0 spiro atoms. The van der Waals surface area contributed by atoms with E-state index in [0.717, 1.165) is 18.2 Å². The number of aromatic carboxylic acids is 1. The lowest BCUT2D eigenvalue weighted by molar-refractivity contribution is 0.0692. The Labute approximate surface area is 111 Å². The molecule has 0 saturated heterocycles. The van der Waals surface area contributed by atoms with Crippen LogP contribution < -0.4 is 0 Å². The van der Waals surface area contributed by atoms with Gasteiger partial charge >= 0.3 is 5.97 Å². The van der Waals surface area contributed by atoms with Crippen molar-refractivity contribution in [3.8, 4) is 11.1 Å². The van der Waals surface area contributed by atoms with Crippen LogP contribution in [0.2, 0.25) is 0 Å². The van der Waals surface area contributed by atoms with Crippen LogP contribution >= 0.6 is 0 Å². The van der Waals surface area contributed by atoms with Gasteiger partial charge in [0.1, 0.15) is 11.6 Å². The van der Waals surface area contributed by atoms with E-state index in [1.54, 1.807) is 0 Å². The second-order valence-corrected chi connectivity index (χ2v) is 4.20. The van der Waals surface area contributed by atoms with Gasteiger partial charge in [-0.25, -0.2) is 22.4 Å². The van der Waals surface area contributed by atoms with Gasteiger partial charge < -0.3 is 5.11 Å². The zero-order chi connectivity index (χ0) is 15.0. The predicted octanol–water partition coefficient (Wildman–Crippen LogP) is 3.92. The third-order valence-electron chi connectivity index (χ3n) is 2.83. The lowest BCUT2D eigenvalue weighted by atomic mass is 9.97. The fourth-order valence-corrected chi connectivity index (χ4v) is 1.89. The van der Waals surface area contributed by atoms with Crippen molar-refractivity contribution in [3.05, 3.63) is 58.7 Å². The number of carbonyl (C=O) groups is 1. The van der Waals surface area contributed by atoms with Crippen molar-refractivity contribution >= 4 is 5.97 Å². The Balaban J connectivity index is 2.71. The van der Waals surface area contributed by atoms with Crippen molar-refractivity contribution in [2.24, 2.45) is 0 Å². The first-order chi connectivity index (χ1) is 9.31. The molecule has 2 rings (SSSR count). The van der Waals surface area contributed by atoms with Crippen LogP contribution in [0.5, 0.6) is 0 Å². The number of aryl methyl sites for hydroxylation is 1. The van der Waals surface area contributed by atoms with Gasteiger partial charge in [0.15, 0.2) is 11.6 Å². The minimum Gasteiger partial charge on any atom is -0.478 e. The fraction of sp³-hybridized carbons (Fsp3) is 0.0714. The maximum atomic E-state index is 13.7. The van der Waals surface area contributed by atoms with E-state index in [1.165, 1.54) is 6.92 Å². The Hall–Kier alpha value is -2.37. The number of benzene rings is 2. The molecule has 0 amide bonds. The quantitative estimate of drug-likeness (QED) is 0.670. The molecule has 0 bridgehead atoms. The normalized spacial score (nSPS) is 10.7. The van der Waals surface area contributed by atoms with Crippen LogP contribution in [0.3, 0.4) is 0 Å². The molecule has 0 radical (unpaired) electrons. The summed E-state index contributed by atoms with van der Waals surface area (Å²) in [7, 11) is 0. The zero-order valence-corrected chi connectivity index (χ0v) is 10.2. The van der Waals surface area contributed by atoms with Crippen LogP contribution in [0.25, 0.3) is 11.1 Å². The molecule has 0 aliphatic rings. The predicted molar refractivity (Wildman–Crippen MR) is 63.4 cm³/mol. The molecule has 2 aromatic carbocycles. The zero-order valence-electron chi connectivity index (χ0n) is 10.2. The summed E-state index contributed by atoms with van der Waals surface area (Å²) < 4.78 is 53.6. The summed E-state index contributed by atoms with van der Waals surface area (Å²) in [5.74, 6) is -6.33. The summed E-state index contributed by atoms with van der Waals surface area (Å²) in [6.45, 7) is 1.39. The lowest BCUT2D eigenvalue weighted by Gasteiger charge is -2.10. The van der Waals surface area contributed by atoms with Gasteiger partial charge in [0.2, 0.25) is 0 Å². The highest BCUT2D eigenvalue weighted by Gasteiger charge is 2.18. The first-order valence-electron chi connectivity index (χ1n) is 5.49. The molecule has 6 heteroatoms. The van der Waals surface area contributed by atoms with E-state index in [9.17, 15) is 22.4 Å². The van der Waals surface area contributed by atoms with Crippen LogP contribution in [-0.2, 0) is 0 Å². The number of rotatable bonds is 2. The molecule has 0 aliphatic heterocycles. The minimum atomic E-state index is -1.48. The summed E-state index contributed by atoms with van der Waals surface area (Å²) in [6, 6.07) is 2.82. The standard InChI is InChI=1S/C14H8F4O2/c1-6-2-10(14(19)20)11(16)5-8(6)9-3-7(15)4-12(17)13(9)18/h2-5H,1H3,(H,19,20). The van der Waals surface area contributed by atoms with Gasteiger partial charge in [-0.2, -0.15) is 0 Å². The van der Waals surface area contributed by atoms with E-state index in [4.69, 9.17) is 5.11 Å². The third kappa shape index (κ3) is 2.36. The van der Waals surface area contributed by atoms with Gasteiger partial charge in [-0.05, 0) is 36.2 Å². The molecular formula is C14H8F4O2. The van der Waals surface area contributed by atoms with Crippen LogP contribution in [0.15, 0.2) is 24.3 Å². The van der Waals surface area contributed by atoms with Crippen LogP contribution in [0, 0.1) is 30.2 Å². The topological polar surface area (TPSA) is 37.3 Å². The Kier molecular flexibility index (Phi) is 3.48. The molecule has 0 heterocycles. The first kappa shape index (κ1) is 14.0. The average Bonchev–Trinajstić information content (AvgIpc) is 2.36. The molecule has 0 saturated carbocycles. The maximum absolute atomic E-state index is 13.7. The minimum absolute atomic E-state index is 0.108. The number of carboxylic acid groups (broad SMARTS) is 1. The van der Waals surface area contributed by atoms with Crippen molar-refractivity contribution in [2.45, 2.75) is 6.92 Å². The SMILES string of the molecule is Cc1cc(C(=O)O)c(F)cc1-c1cc(F)cc(F)c1F. The molecule has 20 heavy (non-hydrogen) atoms. The van der Waals surface area contributed by atoms with Gasteiger partial charge in [0.25, 0.3) is 0 Å². The summed E-state index contributed by atoms with van der Waals surface area (Å²) in [4.78, 5) is 10.8. The smallest absolute Gasteiger partial charge is 0.338 e. The van der Waals surface area contributed by atoms with Crippen molar-refractivity contribution < 1.29 is 27.5 Å². The highest BCUT2D eigenvalue weighted by molar-refractivity contribution is 5.89. The molecule has 104 valence electrons. The number of hydrogen-bond donors (Lipinski definition) is 1. The van der Waals surface area contributed by atoms with Crippen LogP contribution in [-0.4, -0.2) is 11.1 Å². The summed E-state index contributed by atoms with van der Waals surface area (Å²) in [5, 5.41) is 8.76. The van der Waals surface area contributed by atoms with Crippen molar-refractivity contribution in [1.29, 1.82) is 0 Å².